The van der Waals surface area contributed by atoms with Crippen molar-refractivity contribution in [3.8, 4) is 5.88 Å². The van der Waals surface area contributed by atoms with E-state index in [9.17, 15) is 13.2 Å². The number of alkyl halides is 2. The summed E-state index contributed by atoms with van der Waals surface area (Å²) >= 11 is 0. The number of methoxy groups -OCH3 is 1. The minimum absolute atomic E-state index is 0.138. The van der Waals surface area contributed by atoms with Gasteiger partial charge in [-0.15, -0.1) is 0 Å². The summed E-state index contributed by atoms with van der Waals surface area (Å²) in [5.41, 5.74) is 0.792. The highest BCUT2D eigenvalue weighted by molar-refractivity contribution is 5.90. The molecule has 1 aliphatic heterocycles. The van der Waals surface area contributed by atoms with Crippen LogP contribution in [0.2, 0.25) is 0 Å². The zero-order chi connectivity index (χ0) is 25.3. The van der Waals surface area contributed by atoms with Gasteiger partial charge in [-0.3, -0.25) is 4.90 Å². The standard InChI is InChI=1S/C25H31F3N6O/c1-14(2)33-9-11-34(12-10-33)20-13-19-23(30-16(4)31-24(19)32-25(20)35-5)29-15(3)17-7-6-8-18(21(17)26)22(27)28/h6-8,13-15,22H,9-12H2,1-5H3,(H,29,30,31,32)/t15-/m1/s1. The van der Waals surface area contributed by atoms with Gasteiger partial charge in [-0.2, -0.15) is 4.98 Å². The Kier molecular flexibility index (Phi) is 7.30. The van der Waals surface area contributed by atoms with Crippen LogP contribution in [0, 0.1) is 12.7 Å². The number of anilines is 2. The summed E-state index contributed by atoms with van der Waals surface area (Å²) in [7, 11) is 1.58. The molecule has 0 aliphatic carbocycles. The molecule has 0 radical (unpaired) electrons. The summed E-state index contributed by atoms with van der Waals surface area (Å²) in [4.78, 5) is 18.3. The van der Waals surface area contributed by atoms with Gasteiger partial charge in [0, 0.05) is 37.8 Å². The lowest BCUT2D eigenvalue weighted by Gasteiger charge is -2.38. The predicted octanol–water partition coefficient (Wildman–Crippen LogP) is 5.12. The van der Waals surface area contributed by atoms with Gasteiger partial charge in [0.05, 0.1) is 24.1 Å². The molecule has 1 N–H and O–H groups in total. The van der Waals surface area contributed by atoms with Crippen molar-refractivity contribution in [3.63, 3.8) is 0 Å². The van der Waals surface area contributed by atoms with Gasteiger partial charge >= 0.3 is 0 Å². The Morgan fingerprint density at radius 1 is 1.00 bits per heavy atom. The number of rotatable bonds is 7. The Balaban J connectivity index is 1.71. The number of nitrogens with zero attached hydrogens (tertiary/aromatic N) is 5. The van der Waals surface area contributed by atoms with Crippen molar-refractivity contribution in [1.82, 2.24) is 19.9 Å². The molecule has 3 aromatic rings. The van der Waals surface area contributed by atoms with Crippen molar-refractivity contribution in [1.29, 1.82) is 0 Å². The number of pyridine rings is 1. The lowest BCUT2D eigenvalue weighted by atomic mass is 10.0. The molecular formula is C25H31F3N6O. The average Bonchev–Trinajstić information content (AvgIpc) is 2.83. The van der Waals surface area contributed by atoms with Crippen LogP contribution in [0.4, 0.5) is 24.7 Å². The van der Waals surface area contributed by atoms with Gasteiger partial charge in [0.15, 0.2) is 5.65 Å². The molecular weight excluding hydrogens is 457 g/mol. The first kappa shape index (κ1) is 25.0. The Morgan fingerprint density at radius 3 is 2.31 bits per heavy atom. The van der Waals surface area contributed by atoms with Gasteiger partial charge in [-0.1, -0.05) is 18.2 Å². The fraction of sp³-hybridized carbons (Fsp3) is 0.480. The molecule has 1 atom stereocenters. The highest BCUT2D eigenvalue weighted by Crippen LogP contribution is 2.35. The van der Waals surface area contributed by atoms with E-state index in [1.54, 1.807) is 21.0 Å². The van der Waals surface area contributed by atoms with Gasteiger partial charge in [-0.05, 0) is 33.8 Å². The Bertz CT molecular complexity index is 1200. The number of halogens is 3. The summed E-state index contributed by atoms with van der Waals surface area (Å²) in [6.07, 6.45) is -2.89. The van der Waals surface area contributed by atoms with E-state index in [2.05, 4.69) is 43.9 Å². The van der Waals surface area contributed by atoms with E-state index in [0.29, 0.717) is 34.6 Å². The molecule has 188 valence electrons. The van der Waals surface area contributed by atoms with Crippen molar-refractivity contribution in [2.75, 3.05) is 43.5 Å². The summed E-state index contributed by atoms with van der Waals surface area (Å²) in [6.45, 7) is 11.3. The van der Waals surface area contributed by atoms with Crippen LogP contribution < -0.4 is 15.0 Å². The Hall–Kier alpha value is -3.14. The predicted molar refractivity (Wildman–Crippen MR) is 131 cm³/mol. The first-order valence-electron chi connectivity index (χ1n) is 11.7. The summed E-state index contributed by atoms with van der Waals surface area (Å²) in [5.74, 6) is 0.491. The summed E-state index contributed by atoms with van der Waals surface area (Å²) < 4.78 is 46.8. The SMILES string of the molecule is COc1nc2nc(C)nc(N[C@H](C)c3cccc(C(F)F)c3F)c2cc1N1CCN(C(C)C)CC1. The molecule has 1 fully saturated rings. The zero-order valence-electron chi connectivity index (χ0n) is 20.6. The van der Waals surface area contributed by atoms with Crippen LogP contribution in [0.3, 0.4) is 0 Å². The van der Waals surface area contributed by atoms with Crippen LogP contribution in [0.1, 0.15) is 50.2 Å². The largest absolute Gasteiger partial charge is 0.479 e. The number of hydrogen-bond donors (Lipinski definition) is 1. The summed E-state index contributed by atoms with van der Waals surface area (Å²) in [6, 6.07) is 5.82. The average molecular weight is 489 g/mol. The third kappa shape index (κ3) is 5.12. The molecule has 0 unspecified atom stereocenters. The topological polar surface area (TPSA) is 66.4 Å². The van der Waals surface area contributed by atoms with Crippen molar-refractivity contribution < 1.29 is 17.9 Å². The van der Waals surface area contributed by atoms with E-state index >= 15 is 0 Å². The fourth-order valence-corrected chi connectivity index (χ4v) is 4.46. The molecule has 1 aliphatic rings. The molecule has 4 rings (SSSR count). The minimum Gasteiger partial charge on any atom is -0.479 e. The number of benzene rings is 1. The smallest absolute Gasteiger partial charge is 0.266 e. The molecule has 2 aromatic heterocycles. The quantitative estimate of drug-likeness (QED) is 0.495. The Labute approximate surface area is 203 Å². The van der Waals surface area contributed by atoms with E-state index < -0.39 is 23.8 Å². The van der Waals surface area contributed by atoms with Gasteiger partial charge in [-0.25, -0.2) is 23.1 Å². The molecule has 3 heterocycles. The van der Waals surface area contributed by atoms with Gasteiger partial charge in [0.1, 0.15) is 23.1 Å². The molecule has 10 heteroatoms. The third-order valence-electron chi connectivity index (χ3n) is 6.44. The van der Waals surface area contributed by atoms with Gasteiger partial charge in [0.2, 0.25) is 5.88 Å². The third-order valence-corrected chi connectivity index (χ3v) is 6.44. The lowest BCUT2D eigenvalue weighted by Crippen LogP contribution is -2.49. The number of piperazine rings is 1. The van der Waals surface area contributed by atoms with E-state index in [0.717, 1.165) is 37.9 Å². The number of aromatic nitrogens is 3. The lowest BCUT2D eigenvalue weighted by molar-refractivity contribution is 0.146. The van der Waals surface area contributed by atoms with Gasteiger partial charge < -0.3 is 15.0 Å². The van der Waals surface area contributed by atoms with Gasteiger partial charge in [0.25, 0.3) is 6.43 Å². The van der Waals surface area contributed by atoms with Crippen molar-refractivity contribution in [2.45, 2.75) is 46.2 Å². The first-order valence-corrected chi connectivity index (χ1v) is 11.7. The first-order chi connectivity index (χ1) is 16.7. The van der Waals surface area contributed by atoms with E-state index in [-0.39, 0.29) is 5.56 Å². The molecule has 0 spiro atoms. The summed E-state index contributed by atoms with van der Waals surface area (Å²) in [5, 5.41) is 3.84. The number of fused-ring (bicyclic) bond motifs is 1. The monoisotopic (exact) mass is 488 g/mol. The zero-order valence-corrected chi connectivity index (χ0v) is 20.6. The minimum atomic E-state index is -2.89. The molecule has 7 nitrogen and oxygen atoms in total. The highest BCUT2D eigenvalue weighted by Gasteiger charge is 2.25. The number of nitrogens with one attached hydrogen (secondary N) is 1. The van der Waals surface area contributed by atoms with E-state index in [1.165, 1.54) is 12.1 Å². The molecule has 0 amide bonds. The number of ether oxygens (including phenoxy) is 1. The maximum atomic E-state index is 14.8. The van der Waals surface area contributed by atoms with Crippen molar-refractivity contribution in [2.24, 2.45) is 0 Å². The number of hydrogen-bond acceptors (Lipinski definition) is 7. The van der Waals surface area contributed by atoms with E-state index in [1.807, 2.05) is 6.07 Å². The van der Waals surface area contributed by atoms with Crippen LogP contribution in [-0.2, 0) is 0 Å². The Morgan fingerprint density at radius 2 is 1.69 bits per heavy atom. The van der Waals surface area contributed by atoms with Crippen LogP contribution >= 0.6 is 0 Å². The number of aryl methyl sites for hydroxylation is 1. The highest BCUT2D eigenvalue weighted by atomic mass is 19.3. The molecule has 1 saturated heterocycles. The van der Waals surface area contributed by atoms with Crippen molar-refractivity contribution in [3.05, 3.63) is 47.0 Å². The molecule has 1 aromatic carbocycles. The van der Waals surface area contributed by atoms with Crippen LogP contribution in [0.25, 0.3) is 11.0 Å². The van der Waals surface area contributed by atoms with E-state index in [4.69, 9.17) is 4.74 Å². The molecule has 35 heavy (non-hydrogen) atoms. The second-order valence-corrected chi connectivity index (χ2v) is 9.04. The molecule has 0 bridgehead atoms. The molecule has 0 saturated carbocycles. The van der Waals surface area contributed by atoms with Crippen LogP contribution in [0.15, 0.2) is 24.3 Å². The maximum absolute atomic E-state index is 14.8. The normalized spacial score (nSPS) is 15.8. The second-order valence-electron chi connectivity index (χ2n) is 9.04. The second kappa shape index (κ2) is 10.2. The van der Waals surface area contributed by atoms with Crippen molar-refractivity contribution >= 4 is 22.5 Å². The maximum Gasteiger partial charge on any atom is 0.266 e. The fourth-order valence-electron chi connectivity index (χ4n) is 4.46. The van der Waals surface area contributed by atoms with Crippen LogP contribution in [0.5, 0.6) is 5.88 Å². The van der Waals surface area contributed by atoms with Crippen LogP contribution in [-0.4, -0.2) is 59.2 Å².